The van der Waals surface area contributed by atoms with Gasteiger partial charge in [-0.05, 0) is 44.7 Å². The van der Waals surface area contributed by atoms with Crippen molar-refractivity contribution >= 4 is 0 Å². The molecule has 0 aromatic heterocycles. The van der Waals surface area contributed by atoms with Crippen LogP contribution in [0.2, 0.25) is 0 Å². The van der Waals surface area contributed by atoms with Crippen LogP contribution in [-0.2, 0) is 6.42 Å². The molecule has 16 heavy (non-hydrogen) atoms. The Balaban J connectivity index is 2.37. The predicted molar refractivity (Wildman–Crippen MR) is 69.6 cm³/mol. The zero-order valence-electron chi connectivity index (χ0n) is 11.0. The fourth-order valence-corrected chi connectivity index (χ4v) is 2.89. The maximum absolute atomic E-state index is 2.65. The molecule has 1 heterocycles. The molecule has 0 N–H and O–H groups in total. The van der Waals surface area contributed by atoms with Crippen molar-refractivity contribution in [3.63, 3.8) is 0 Å². The molecule has 0 saturated carbocycles. The average Bonchev–Trinajstić information content (AvgIpc) is 2.26. The first-order chi connectivity index (χ1) is 7.54. The molecule has 1 nitrogen and oxygen atoms in total. The standard InChI is InChI=1S/C15H23N/c1-5-14-13-9-7-6-8-12(13)10-11-16(14)15(2,3)4/h6-9,14H,5,10-11H2,1-4H3. The molecule has 0 amide bonds. The highest BCUT2D eigenvalue weighted by atomic mass is 15.2. The Bertz CT molecular complexity index is 362. The third kappa shape index (κ3) is 2.01. The smallest absolute Gasteiger partial charge is 0.0353 e. The fourth-order valence-electron chi connectivity index (χ4n) is 2.89. The molecule has 0 aliphatic carbocycles. The van der Waals surface area contributed by atoms with Crippen molar-refractivity contribution in [3.8, 4) is 0 Å². The van der Waals surface area contributed by atoms with Gasteiger partial charge in [-0.25, -0.2) is 0 Å². The van der Waals surface area contributed by atoms with E-state index >= 15 is 0 Å². The van der Waals surface area contributed by atoms with Crippen molar-refractivity contribution in [2.75, 3.05) is 6.54 Å². The van der Waals surface area contributed by atoms with Crippen LogP contribution in [-0.4, -0.2) is 17.0 Å². The molecule has 1 atom stereocenters. The molecule has 0 fully saturated rings. The lowest BCUT2D eigenvalue weighted by Crippen LogP contribution is -2.47. The van der Waals surface area contributed by atoms with E-state index in [1.54, 1.807) is 11.1 Å². The molecule has 0 bridgehead atoms. The quantitative estimate of drug-likeness (QED) is 0.691. The third-order valence-corrected chi connectivity index (χ3v) is 3.66. The summed E-state index contributed by atoms with van der Waals surface area (Å²) >= 11 is 0. The van der Waals surface area contributed by atoms with E-state index in [9.17, 15) is 0 Å². The van der Waals surface area contributed by atoms with Crippen molar-refractivity contribution in [1.82, 2.24) is 4.90 Å². The molecule has 88 valence electrons. The van der Waals surface area contributed by atoms with E-state index in [0.717, 1.165) is 0 Å². The van der Waals surface area contributed by atoms with Crippen LogP contribution in [0.4, 0.5) is 0 Å². The molecule has 1 aromatic carbocycles. The molecule has 1 aromatic rings. The highest BCUT2D eigenvalue weighted by molar-refractivity contribution is 5.32. The molecular weight excluding hydrogens is 194 g/mol. The Morgan fingerprint density at radius 1 is 1.25 bits per heavy atom. The largest absolute Gasteiger partial charge is 0.291 e. The van der Waals surface area contributed by atoms with Gasteiger partial charge < -0.3 is 0 Å². The molecule has 0 saturated heterocycles. The first-order valence-corrected chi connectivity index (χ1v) is 6.38. The Hall–Kier alpha value is -0.820. The molecule has 1 unspecified atom stereocenters. The molecule has 1 heteroatoms. The number of fused-ring (bicyclic) bond motifs is 1. The van der Waals surface area contributed by atoms with E-state index in [1.165, 1.54) is 19.4 Å². The van der Waals surface area contributed by atoms with Gasteiger partial charge in [-0.2, -0.15) is 0 Å². The molecule has 1 aliphatic heterocycles. The average molecular weight is 217 g/mol. The van der Waals surface area contributed by atoms with Gasteiger partial charge in [0.25, 0.3) is 0 Å². The summed E-state index contributed by atoms with van der Waals surface area (Å²) in [6.45, 7) is 10.5. The lowest BCUT2D eigenvalue weighted by molar-refractivity contribution is 0.0707. The maximum atomic E-state index is 2.65. The van der Waals surface area contributed by atoms with Crippen LogP contribution < -0.4 is 0 Å². The summed E-state index contributed by atoms with van der Waals surface area (Å²) in [5.41, 5.74) is 3.37. The van der Waals surface area contributed by atoms with Gasteiger partial charge in [-0.1, -0.05) is 31.2 Å². The van der Waals surface area contributed by atoms with Crippen molar-refractivity contribution in [1.29, 1.82) is 0 Å². The summed E-state index contributed by atoms with van der Waals surface area (Å²) in [7, 11) is 0. The van der Waals surface area contributed by atoms with Crippen molar-refractivity contribution < 1.29 is 0 Å². The molecular formula is C15H23N. The molecule has 2 rings (SSSR count). The van der Waals surface area contributed by atoms with E-state index in [1.807, 2.05) is 0 Å². The predicted octanol–water partition coefficient (Wildman–Crippen LogP) is 3.79. The summed E-state index contributed by atoms with van der Waals surface area (Å²) < 4.78 is 0. The van der Waals surface area contributed by atoms with Gasteiger partial charge in [0.2, 0.25) is 0 Å². The van der Waals surface area contributed by atoms with Gasteiger partial charge in [0.15, 0.2) is 0 Å². The lowest BCUT2D eigenvalue weighted by Gasteiger charge is -2.45. The van der Waals surface area contributed by atoms with E-state index in [4.69, 9.17) is 0 Å². The maximum Gasteiger partial charge on any atom is 0.0353 e. The summed E-state index contributed by atoms with van der Waals surface area (Å²) in [6.07, 6.45) is 2.40. The minimum absolute atomic E-state index is 0.272. The Labute approximate surface area is 99.5 Å². The first kappa shape index (κ1) is 11.7. The minimum atomic E-state index is 0.272. The lowest BCUT2D eigenvalue weighted by atomic mass is 9.87. The molecule has 0 radical (unpaired) electrons. The van der Waals surface area contributed by atoms with Crippen molar-refractivity contribution in [2.45, 2.75) is 52.1 Å². The Morgan fingerprint density at radius 3 is 2.56 bits per heavy atom. The topological polar surface area (TPSA) is 3.24 Å². The van der Waals surface area contributed by atoms with E-state index < -0.39 is 0 Å². The highest BCUT2D eigenvalue weighted by Gasteiger charge is 2.32. The van der Waals surface area contributed by atoms with Crippen LogP contribution in [0.5, 0.6) is 0 Å². The summed E-state index contributed by atoms with van der Waals surface area (Å²) in [5, 5.41) is 0. The minimum Gasteiger partial charge on any atom is -0.291 e. The van der Waals surface area contributed by atoms with Gasteiger partial charge in [0, 0.05) is 18.1 Å². The number of benzene rings is 1. The summed E-state index contributed by atoms with van der Waals surface area (Å²) in [6, 6.07) is 9.54. The van der Waals surface area contributed by atoms with Crippen molar-refractivity contribution in [3.05, 3.63) is 35.4 Å². The Kier molecular flexibility index (Phi) is 3.07. The van der Waals surface area contributed by atoms with Gasteiger partial charge in [0.05, 0.1) is 0 Å². The van der Waals surface area contributed by atoms with Crippen LogP contribution >= 0.6 is 0 Å². The zero-order valence-corrected chi connectivity index (χ0v) is 11.0. The van der Waals surface area contributed by atoms with Crippen LogP contribution in [0.25, 0.3) is 0 Å². The fraction of sp³-hybridized carbons (Fsp3) is 0.600. The van der Waals surface area contributed by atoms with E-state index in [2.05, 4.69) is 56.9 Å². The molecule has 1 aliphatic rings. The number of hydrogen-bond acceptors (Lipinski definition) is 1. The number of nitrogens with zero attached hydrogens (tertiary/aromatic N) is 1. The normalized spacial score (nSPS) is 21.9. The SMILES string of the molecule is CCC1c2ccccc2CCN1C(C)(C)C. The number of rotatable bonds is 1. The van der Waals surface area contributed by atoms with Gasteiger partial charge in [-0.15, -0.1) is 0 Å². The second-order valence-corrected chi connectivity index (χ2v) is 5.74. The van der Waals surface area contributed by atoms with Crippen molar-refractivity contribution in [2.24, 2.45) is 0 Å². The highest BCUT2D eigenvalue weighted by Crippen LogP contribution is 2.36. The van der Waals surface area contributed by atoms with Crippen LogP contribution in [0.3, 0.4) is 0 Å². The monoisotopic (exact) mass is 217 g/mol. The molecule has 0 spiro atoms. The number of hydrogen-bond donors (Lipinski definition) is 0. The van der Waals surface area contributed by atoms with E-state index in [-0.39, 0.29) is 5.54 Å². The summed E-state index contributed by atoms with van der Waals surface area (Å²) in [4.78, 5) is 2.65. The van der Waals surface area contributed by atoms with Crippen LogP contribution in [0.15, 0.2) is 24.3 Å². The van der Waals surface area contributed by atoms with E-state index in [0.29, 0.717) is 6.04 Å². The Morgan fingerprint density at radius 2 is 1.94 bits per heavy atom. The van der Waals surface area contributed by atoms with Gasteiger partial charge >= 0.3 is 0 Å². The van der Waals surface area contributed by atoms with Crippen LogP contribution in [0, 0.1) is 0 Å². The summed E-state index contributed by atoms with van der Waals surface area (Å²) in [5.74, 6) is 0. The second-order valence-electron chi connectivity index (χ2n) is 5.74. The van der Waals surface area contributed by atoms with Gasteiger partial charge in [-0.3, -0.25) is 4.90 Å². The van der Waals surface area contributed by atoms with Gasteiger partial charge in [0.1, 0.15) is 0 Å². The zero-order chi connectivity index (χ0) is 11.8. The first-order valence-electron chi connectivity index (χ1n) is 6.38. The third-order valence-electron chi connectivity index (χ3n) is 3.66. The second kappa shape index (κ2) is 4.21. The van der Waals surface area contributed by atoms with Crippen LogP contribution in [0.1, 0.15) is 51.3 Å².